The minimum Gasteiger partial charge on any atom is -0.345 e. The van der Waals surface area contributed by atoms with E-state index in [-0.39, 0.29) is 11.9 Å². The van der Waals surface area contributed by atoms with E-state index in [1.54, 1.807) is 6.92 Å². The maximum Gasteiger partial charge on any atom is 0.248 e. The second-order valence-corrected chi connectivity index (χ2v) is 5.80. The Morgan fingerprint density at radius 2 is 2.23 bits per heavy atom. The van der Waals surface area contributed by atoms with Crippen molar-refractivity contribution in [1.29, 1.82) is 0 Å². The molecule has 1 aliphatic rings. The standard InChI is InChI=1S/C15H21N5O2/c1-9(15-17-10(2)20-22-15)16-14(21)8-7-13-11-5-3-4-6-12(11)18-19-13/h9H,3-8H2,1-2H3,(H,16,21)(H,18,19). The molecule has 0 saturated heterocycles. The summed E-state index contributed by atoms with van der Waals surface area (Å²) in [5.41, 5.74) is 3.60. The van der Waals surface area contributed by atoms with Crippen molar-refractivity contribution in [1.82, 2.24) is 25.7 Å². The highest BCUT2D eigenvalue weighted by atomic mass is 16.5. The van der Waals surface area contributed by atoms with Gasteiger partial charge in [-0.15, -0.1) is 0 Å². The normalized spacial score (nSPS) is 15.4. The van der Waals surface area contributed by atoms with E-state index in [9.17, 15) is 4.79 Å². The Bertz CT molecular complexity index is 661. The van der Waals surface area contributed by atoms with Gasteiger partial charge >= 0.3 is 0 Å². The van der Waals surface area contributed by atoms with Gasteiger partial charge in [0.25, 0.3) is 0 Å². The number of fused-ring (bicyclic) bond motifs is 1. The quantitative estimate of drug-likeness (QED) is 0.877. The van der Waals surface area contributed by atoms with Crippen LogP contribution in [0, 0.1) is 6.92 Å². The molecule has 2 N–H and O–H groups in total. The topological polar surface area (TPSA) is 96.7 Å². The van der Waals surface area contributed by atoms with Crippen molar-refractivity contribution in [3.8, 4) is 0 Å². The van der Waals surface area contributed by atoms with E-state index in [1.165, 1.54) is 24.1 Å². The van der Waals surface area contributed by atoms with Gasteiger partial charge in [-0.3, -0.25) is 9.89 Å². The van der Waals surface area contributed by atoms with Gasteiger partial charge in [0.1, 0.15) is 6.04 Å². The van der Waals surface area contributed by atoms with Crippen LogP contribution in [0.4, 0.5) is 0 Å². The number of hydrogen-bond acceptors (Lipinski definition) is 5. The SMILES string of the molecule is Cc1noc(C(C)NC(=O)CCc2n[nH]c3c2CCCC3)n1. The summed E-state index contributed by atoms with van der Waals surface area (Å²) in [6.45, 7) is 3.59. The van der Waals surface area contributed by atoms with Crippen molar-refractivity contribution in [2.24, 2.45) is 0 Å². The van der Waals surface area contributed by atoms with Gasteiger partial charge in [0.2, 0.25) is 11.8 Å². The Labute approximate surface area is 128 Å². The molecule has 1 atom stereocenters. The molecule has 7 nitrogen and oxygen atoms in total. The minimum absolute atomic E-state index is 0.0316. The summed E-state index contributed by atoms with van der Waals surface area (Å²) in [4.78, 5) is 16.2. The highest BCUT2D eigenvalue weighted by Crippen LogP contribution is 2.23. The number of aryl methyl sites for hydroxylation is 3. The smallest absolute Gasteiger partial charge is 0.248 e. The Balaban J connectivity index is 1.53. The Kier molecular flexibility index (Phi) is 4.22. The fraction of sp³-hybridized carbons (Fsp3) is 0.600. The van der Waals surface area contributed by atoms with E-state index in [4.69, 9.17) is 4.52 Å². The molecular formula is C15H21N5O2. The molecule has 2 aromatic heterocycles. The number of carbonyl (C=O) groups is 1. The molecule has 2 heterocycles. The number of aromatic nitrogens is 4. The van der Waals surface area contributed by atoms with E-state index in [1.807, 2.05) is 6.92 Å². The summed E-state index contributed by atoms with van der Waals surface area (Å²) in [6.07, 6.45) is 5.64. The maximum atomic E-state index is 12.1. The van der Waals surface area contributed by atoms with Crippen molar-refractivity contribution in [3.05, 3.63) is 28.7 Å². The van der Waals surface area contributed by atoms with Crippen LogP contribution >= 0.6 is 0 Å². The molecule has 7 heteroatoms. The Hall–Kier alpha value is -2.18. The largest absolute Gasteiger partial charge is 0.345 e. The highest BCUT2D eigenvalue weighted by Gasteiger charge is 2.19. The van der Waals surface area contributed by atoms with Crippen LogP contribution < -0.4 is 5.32 Å². The third-order valence-corrected chi connectivity index (χ3v) is 4.02. The van der Waals surface area contributed by atoms with Gasteiger partial charge in [-0.05, 0) is 45.1 Å². The number of nitrogens with zero attached hydrogens (tertiary/aromatic N) is 3. The second-order valence-electron chi connectivity index (χ2n) is 5.80. The molecule has 1 aliphatic carbocycles. The number of aromatic amines is 1. The summed E-state index contributed by atoms with van der Waals surface area (Å²) in [6, 6.07) is -0.276. The predicted molar refractivity (Wildman–Crippen MR) is 79.1 cm³/mol. The molecule has 2 aromatic rings. The first kappa shape index (κ1) is 14.7. The lowest BCUT2D eigenvalue weighted by Crippen LogP contribution is -2.27. The van der Waals surface area contributed by atoms with Crippen molar-refractivity contribution in [2.75, 3.05) is 0 Å². The minimum atomic E-state index is -0.276. The summed E-state index contributed by atoms with van der Waals surface area (Å²) in [7, 11) is 0. The van der Waals surface area contributed by atoms with Crippen LogP contribution in [0.25, 0.3) is 0 Å². The monoisotopic (exact) mass is 303 g/mol. The zero-order valence-corrected chi connectivity index (χ0v) is 13.0. The van der Waals surface area contributed by atoms with E-state index in [2.05, 4.69) is 25.7 Å². The van der Waals surface area contributed by atoms with Crippen LogP contribution in [0.3, 0.4) is 0 Å². The molecule has 0 aromatic carbocycles. The summed E-state index contributed by atoms with van der Waals surface area (Å²) in [5.74, 6) is 0.971. The molecule has 22 heavy (non-hydrogen) atoms. The van der Waals surface area contributed by atoms with Crippen molar-refractivity contribution < 1.29 is 9.32 Å². The first-order valence-corrected chi connectivity index (χ1v) is 7.78. The second kappa shape index (κ2) is 6.29. The third kappa shape index (κ3) is 3.18. The number of carbonyl (C=O) groups excluding carboxylic acids is 1. The van der Waals surface area contributed by atoms with Crippen LogP contribution in [-0.4, -0.2) is 26.2 Å². The van der Waals surface area contributed by atoms with Gasteiger partial charge in [0.15, 0.2) is 5.82 Å². The van der Waals surface area contributed by atoms with Gasteiger partial charge < -0.3 is 9.84 Å². The molecule has 0 bridgehead atoms. The molecule has 118 valence electrons. The van der Waals surface area contributed by atoms with E-state index >= 15 is 0 Å². The molecule has 1 amide bonds. The molecule has 0 fully saturated rings. The Morgan fingerprint density at radius 1 is 1.41 bits per heavy atom. The number of rotatable bonds is 5. The first-order chi connectivity index (χ1) is 10.6. The highest BCUT2D eigenvalue weighted by molar-refractivity contribution is 5.76. The molecule has 0 aliphatic heterocycles. The lowest BCUT2D eigenvalue weighted by atomic mass is 9.94. The summed E-state index contributed by atoms with van der Waals surface area (Å²) < 4.78 is 5.06. The van der Waals surface area contributed by atoms with E-state index in [0.29, 0.717) is 24.6 Å². The molecule has 0 radical (unpaired) electrons. The lowest BCUT2D eigenvalue weighted by Gasteiger charge is -2.12. The van der Waals surface area contributed by atoms with Gasteiger partial charge in [-0.25, -0.2) is 0 Å². The molecule has 0 saturated carbocycles. The average molecular weight is 303 g/mol. The zero-order chi connectivity index (χ0) is 15.5. The summed E-state index contributed by atoms with van der Waals surface area (Å²) >= 11 is 0. The fourth-order valence-corrected chi connectivity index (χ4v) is 2.85. The average Bonchev–Trinajstić information content (AvgIpc) is 3.11. The van der Waals surface area contributed by atoms with Gasteiger partial charge in [-0.1, -0.05) is 5.16 Å². The number of hydrogen-bond donors (Lipinski definition) is 2. The third-order valence-electron chi connectivity index (χ3n) is 4.02. The zero-order valence-electron chi connectivity index (χ0n) is 13.0. The number of nitrogens with one attached hydrogen (secondary N) is 2. The molecule has 1 unspecified atom stereocenters. The molecule has 0 spiro atoms. The van der Waals surface area contributed by atoms with Crippen molar-refractivity contribution in [3.63, 3.8) is 0 Å². The maximum absolute atomic E-state index is 12.1. The molecular weight excluding hydrogens is 282 g/mol. The van der Waals surface area contributed by atoms with E-state index in [0.717, 1.165) is 18.5 Å². The van der Waals surface area contributed by atoms with Gasteiger partial charge in [0, 0.05) is 18.5 Å². The number of amides is 1. The van der Waals surface area contributed by atoms with E-state index < -0.39 is 0 Å². The van der Waals surface area contributed by atoms with Gasteiger partial charge in [-0.2, -0.15) is 10.1 Å². The van der Waals surface area contributed by atoms with Crippen LogP contribution in [0.2, 0.25) is 0 Å². The van der Waals surface area contributed by atoms with Crippen LogP contribution in [0.1, 0.15) is 60.9 Å². The lowest BCUT2D eigenvalue weighted by molar-refractivity contribution is -0.121. The van der Waals surface area contributed by atoms with Crippen molar-refractivity contribution >= 4 is 5.91 Å². The Morgan fingerprint density at radius 3 is 3.00 bits per heavy atom. The summed E-state index contributed by atoms with van der Waals surface area (Å²) in [5, 5.41) is 14.1. The van der Waals surface area contributed by atoms with Crippen LogP contribution in [-0.2, 0) is 24.1 Å². The first-order valence-electron chi connectivity index (χ1n) is 7.78. The predicted octanol–water partition coefficient (Wildman–Crippen LogP) is 1.79. The van der Waals surface area contributed by atoms with Gasteiger partial charge in [0.05, 0.1) is 5.69 Å². The fourth-order valence-electron chi connectivity index (χ4n) is 2.85. The van der Waals surface area contributed by atoms with Crippen molar-refractivity contribution in [2.45, 2.75) is 58.4 Å². The number of H-pyrrole nitrogens is 1. The van der Waals surface area contributed by atoms with Crippen LogP contribution in [0.5, 0.6) is 0 Å². The molecule has 3 rings (SSSR count). The van der Waals surface area contributed by atoms with Crippen LogP contribution in [0.15, 0.2) is 4.52 Å².